The van der Waals surface area contributed by atoms with Gasteiger partial charge >= 0.3 is 0 Å². The van der Waals surface area contributed by atoms with Crippen LogP contribution in [0.15, 0.2) is 29.4 Å². The van der Waals surface area contributed by atoms with Crippen LogP contribution >= 0.6 is 11.8 Å². The second-order valence-electron chi connectivity index (χ2n) is 5.30. The highest BCUT2D eigenvalue weighted by atomic mass is 32.2. The Labute approximate surface area is 139 Å². The molecule has 0 N–H and O–H groups in total. The van der Waals surface area contributed by atoms with Crippen LogP contribution in [0.5, 0.6) is 5.75 Å². The molecular formula is C15H19N5O2S. The molecule has 7 nitrogen and oxygen atoms in total. The summed E-state index contributed by atoms with van der Waals surface area (Å²) in [6.07, 6.45) is 3.40. The van der Waals surface area contributed by atoms with Crippen molar-refractivity contribution >= 4 is 17.7 Å². The fourth-order valence-electron chi connectivity index (χ4n) is 2.53. The van der Waals surface area contributed by atoms with E-state index in [1.54, 1.807) is 11.8 Å². The van der Waals surface area contributed by atoms with E-state index in [0.717, 1.165) is 37.4 Å². The summed E-state index contributed by atoms with van der Waals surface area (Å²) in [4.78, 5) is 14.2. The molecule has 0 bridgehead atoms. The Morgan fingerprint density at radius 2 is 2.13 bits per heavy atom. The Morgan fingerprint density at radius 3 is 2.91 bits per heavy atom. The van der Waals surface area contributed by atoms with Crippen molar-refractivity contribution in [1.29, 1.82) is 0 Å². The molecule has 2 aromatic rings. The number of ether oxygens (including phenoxy) is 1. The van der Waals surface area contributed by atoms with Crippen molar-refractivity contribution in [1.82, 2.24) is 25.1 Å². The molecule has 2 heterocycles. The van der Waals surface area contributed by atoms with Crippen LogP contribution in [0.25, 0.3) is 5.69 Å². The van der Waals surface area contributed by atoms with Crippen LogP contribution in [0.4, 0.5) is 0 Å². The number of piperidine rings is 1. The smallest absolute Gasteiger partial charge is 0.233 e. The van der Waals surface area contributed by atoms with Gasteiger partial charge in [0, 0.05) is 19.2 Å². The standard InChI is InChI=1S/C15H19N5O2S/c1-22-13-7-5-6-12(10-13)20-15(16-17-18-20)23-11-14(21)19-8-3-2-4-9-19/h5-7,10H,2-4,8-9,11H2,1H3. The number of amides is 1. The fourth-order valence-corrected chi connectivity index (χ4v) is 3.33. The SMILES string of the molecule is COc1cccc(-n2nnnc2SCC(=O)N2CCCCC2)c1. The summed E-state index contributed by atoms with van der Waals surface area (Å²) >= 11 is 1.36. The van der Waals surface area contributed by atoms with Gasteiger partial charge in [-0.25, -0.2) is 0 Å². The first kappa shape index (κ1) is 15.8. The zero-order valence-corrected chi connectivity index (χ0v) is 13.8. The van der Waals surface area contributed by atoms with E-state index < -0.39 is 0 Å². The highest BCUT2D eigenvalue weighted by molar-refractivity contribution is 7.99. The van der Waals surface area contributed by atoms with Crippen LogP contribution in [-0.4, -0.2) is 57.0 Å². The number of rotatable bonds is 5. The summed E-state index contributed by atoms with van der Waals surface area (Å²) in [5.74, 6) is 1.23. The highest BCUT2D eigenvalue weighted by Gasteiger charge is 2.18. The quantitative estimate of drug-likeness (QED) is 0.777. The molecule has 1 saturated heterocycles. The second-order valence-corrected chi connectivity index (χ2v) is 6.25. The Kier molecular flexibility index (Phi) is 5.12. The van der Waals surface area contributed by atoms with Crippen LogP contribution in [0, 0.1) is 0 Å². The Balaban J connectivity index is 1.67. The zero-order valence-electron chi connectivity index (χ0n) is 13.0. The van der Waals surface area contributed by atoms with Gasteiger partial charge < -0.3 is 9.64 Å². The van der Waals surface area contributed by atoms with Gasteiger partial charge in [0.05, 0.1) is 18.6 Å². The minimum atomic E-state index is 0.148. The average molecular weight is 333 g/mol. The molecule has 1 aliphatic heterocycles. The first-order valence-electron chi connectivity index (χ1n) is 7.61. The van der Waals surface area contributed by atoms with Crippen molar-refractivity contribution in [2.75, 3.05) is 26.0 Å². The summed E-state index contributed by atoms with van der Waals surface area (Å²) in [7, 11) is 1.62. The average Bonchev–Trinajstić information content (AvgIpc) is 3.09. The van der Waals surface area contributed by atoms with Gasteiger partial charge in [0.15, 0.2) is 0 Å². The molecule has 1 aromatic carbocycles. The molecule has 23 heavy (non-hydrogen) atoms. The minimum Gasteiger partial charge on any atom is -0.497 e. The molecule has 1 aliphatic rings. The third-order valence-electron chi connectivity index (χ3n) is 3.77. The molecule has 122 valence electrons. The predicted octanol–water partition coefficient (Wildman–Crippen LogP) is 1.78. The van der Waals surface area contributed by atoms with Crippen molar-refractivity contribution < 1.29 is 9.53 Å². The van der Waals surface area contributed by atoms with E-state index >= 15 is 0 Å². The summed E-state index contributed by atoms with van der Waals surface area (Å²) in [5.41, 5.74) is 0.808. The molecule has 0 atom stereocenters. The molecule has 3 rings (SSSR count). The van der Waals surface area contributed by atoms with E-state index in [1.165, 1.54) is 18.2 Å². The minimum absolute atomic E-state index is 0.148. The molecule has 1 fully saturated rings. The van der Waals surface area contributed by atoms with Crippen LogP contribution in [0.1, 0.15) is 19.3 Å². The molecule has 0 unspecified atom stereocenters. The first-order chi connectivity index (χ1) is 11.3. The van der Waals surface area contributed by atoms with E-state index in [9.17, 15) is 4.79 Å². The maximum Gasteiger partial charge on any atom is 0.233 e. The zero-order chi connectivity index (χ0) is 16.1. The number of thioether (sulfide) groups is 1. The van der Waals surface area contributed by atoms with Crippen LogP contribution in [0.2, 0.25) is 0 Å². The number of hydrogen-bond donors (Lipinski definition) is 0. The van der Waals surface area contributed by atoms with Crippen molar-refractivity contribution in [3.8, 4) is 11.4 Å². The summed E-state index contributed by atoms with van der Waals surface area (Å²) in [6, 6.07) is 7.49. The lowest BCUT2D eigenvalue weighted by Gasteiger charge is -2.26. The van der Waals surface area contributed by atoms with E-state index in [2.05, 4.69) is 15.5 Å². The summed E-state index contributed by atoms with van der Waals surface area (Å²) in [6.45, 7) is 1.72. The van der Waals surface area contributed by atoms with Crippen LogP contribution in [0.3, 0.4) is 0 Å². The van der Waals surface area contributed by atoms with E-state index in [-0.39, 0.29) is 5.91 Å². The van der Waals surface area contributed by atoms with Gasteiger partial charge in [-0.15, -0.1) is 5.10 Å². The monoisotopic (exact) mass is 333 g/mol. The lowest BCUT2D eigenvalue weighted by Crippen LogP contribution is -2.36. The third-order valence-corrected chi connectivity index (χ3v) is 4.68. The largest absolute Gasteiger partial charge is 0.497 e. The molecule has 0 aliphatic carbocycles. The van der Waals surface area contributed by atoms with Gasteiger partial charge in [0.1, 0.15) is 5.75 Å². The van der Waals surface area contributed by atoms with Gasteiger partial charge in [0.25, 0.3) is 0 Å². The number of carbonyl (C=O) groups is 1. The molecule has 1 aromatic heterocycles. The second kappa shape index (κ2) is 7.45. The Bertz CT molecular complexity index is 669. The lowest BCUT2D eigenvalue weighted by atomic mass is 10.1. The van der Waals surface area contributed by atoms with Crippen LogP contribution in [-0.2, 0) is 4.79 Å². The first-order valence-corrected chi connectivity index (χ1v) is 8.60. The molecular weight excluding hydrogens is 314 g/mol. The molecule has 0 saturated carbocycles. The normalized spacial score (nSPS) is 14.7. The molecule has 0 radical (unpaired) electrons. The maximum atomic E-state index is 12.2. The van der Waals surface area contributed by atoms with Crippen molar-refractivity contribution in [3.63, 3.8) is 0 Å². The maximum absolute atomic E-state index is 12.2. The molecule has 8 heteroatoms. The van der Waals surface area contributed by atoms with Crippen molar-refractivity contribution in [2.45, 2.75) is 24.4 Å². The topological polar surface area (TPSA) is 73.1 Å². The number of methoxy groups -OCH3 is 1. The van der Waals surface area contributed by atoms with Crippen molar-refractivity contribution in [2.24, 2.45) is 0 Å². The number of aromatic nitrogens is 4. The Morgan fingerprint density at radius 1 is 1.30 bits per heavy atom. The van der Waals surface area contributed by atoms with Gasteiger partial charge in [-0.1, -0.05) is 17.8 Å². The van der Waals surface area contributed by atoms with Gasteiger partial charge in [0.2, 0.25) is 11.1 Å². The van der Waals surface area contributed by atoms with Gasteiger partial charge in [-0.3, -0.25) is 4.79 Å². The number of tetrazole rings is 1. The Hall–Kier alpha value is -2.09. The number of carbonyl (C=O) groups excluding carboxylic acids is 1. The number of likely N-dealkylation sites (tertiary alicyclic amines) is 1. The summed E-state index contributed by atoms with van der Waals surface area (Å²) in [5, 5.41) is 12.3. The molecule has 0 spiro atoms. The van der Waals surface area contributed by atoms with Crippen LogP contribution < -0.4 is 4.74 Å². The number of nitrogens with zero attached hydrogens (tertiary/aromatic N) is 5. The molecule has 1 amide bonds. The summed E-state index contributed by atoms with van der Waals surface area (Å²) < 4.78 is 6.84. The van der Waals surface area contributed by atoms with E-state index in [4.69, 9.17) is 4.74 Å². The van der Waals surface area contributed by atoms with E-state index in [0.29, 0.717) is 10.9 Å². The van der Waals surface area contributed by atoms with Crippen molar-refractivity contribution in [3.05, 3.63) is 24.3 Å². The highest BCUT2D eigenvalue weighted by Crippen LogP contribution is 2.22. The fraction of sp³-hybridized carbons (Fsp3) is 0.467. The third kappa shape index (κ3) is 3.82. The van der Waals surface area contributed by atoms with Gasteiger partial charge in [-0.2, -0.15) is 4.68 Å². The number of benzene rings is 1. The van der Waals surface area contributed by atoms with Gasteiger partial charge in [-0.05, 0) is 41.8 Å². The lowest BCUT2D eigenvalue weighted by molar-refractivity contribution is -0.129. The predicted molar refractivity (Wildman–Crippen MR) is 86.9 cm³/mol. The van der Waals surface area contributed by atoms with E-state index in [1.807, 2.05) is 29.2 Å². The number of hydrogen-bond acceptors (Lipinski definition) is 6.